The molecule has 4 aromatic rings. The number of rotatable bonds is 6. The second-order valence-corrected chi connectivity index (χ2v) is 9.10. The fourth-order valence-electron chi connectivity index (χ4n) is 3.84. The topological polar surface area (TPSA) is 105 Å². The van der Waals surface area contributed by atoms with E-state index < -0.39 is 6.03 Å². The first-order chi connectivity index (χ1) is 17.2. The number of nitrogens with one attached hydrogen (secondary N) is 2. The van der Waals surface area contributed by atoms with Gasteiger partial charge in [0, 0.05) is 65.1 Å². The SMILES string of the molecule is CCn1ncc(CN(C)C(=O)c2nc(-c3cc(Cl)cc(NC(=O)NC)c3)nc3ccc(Cl)cc23)c1C. The van der Waals surface area contributed by atoms with Crippen molar-refractivity contribution in [3.63, 3.8) is 0 Å². The van der Waals surface area contributed by atoms with Gasteiger partial charge in [0.2, 0.25) is 0 Å². The largest absolute Gasteiger partial charge is 0.341 e. The summed E-state index contributed by atoms with van der Waals surface area (Å²) < 4.78 is 1.88. The van der Waals surface area contributed by atoms with Gasteiger partial charge in [-0.3, -0.25) is 9.48 Å². The van der Waals surface area contributed by atoms with Gasteiger partial charge >= 0.3 is 6.03 Å². The monoisotopic (exact) mass is 525 g/mol. The predicted octanol–water partition coefficient (Wildman–Crippen LogP) is 5.15. The average Bonchev–Trinajstić information content (AvgIpc) is 3.21. The molecule has 0 aliphatic rings. The Balaban J connectivity index is 1.78. The minimum absolute atomic E-state index is 0.210. The molecule has 0 atom stereocenters. The van der Waals surface area contributed by atoms with Gasteiger partial charge < -0.3 is 15.5 Å². The van der Waals surface area contributed by atoms with Gasteiger partial charge in [-0.25, -0.2) is 14.8 Å². The number of nitrogens with zero attached hydrogens (tertiary/aromatic N) is 5. The highest BCUT2D eigenvalue weighted by molar-refractivity contribution is 6.31. The fraction of sp³-hybridized carbons (Fsp3) is 0.240. The van der Waals surface area contributed by atoms with E-state index >= 15 is 0 Å². The summed E-state index contributed by atoms with van der Waals surface area (Å²) in [4.78, 5) is 36.3. The van der Waals surface area contributed by atoms with Crippen molar-refractivity contribution in [2.75, 3.05) is 19.4 Å². The summed E-state index contributed by atoms with van der Waals surface area (Å²) in [6.45, 7) is 5.11. The highest BCUT2D eigenvalue weighted by Gasteiger charge is 2.21. The van der Waals surface area contributed by atoms with Crippen molar-refractivity contribution in [3.05, 3.63) is 69.6 Å². The number of aryl methyl sites for hydroxylation is 1. The maximum atomic E-state index is 13.6. The summed E-state index contributed by atoms with van der Waals surface area (Å²) in [5, 5.41) is 10.9. The number of carbonyl (C=O) groups is 2. The van der Waals surface area contributed by atoms with Crippen LogP contribution in [0.4, 0.5) is 10.5 Å². The summed E-state index contributed by atoms with van der Waals surface area (Å²) in [6, 6.07) is 9.71. The third-order valence-electron chi connectivity index (χ3n) is 5.76. The van der Waals surface area contributed by atoms with Crippen molar-refractivity contribution in [1.82, 2.24) is 30.0 Å². The maximum Gasteiger partial charge on any atom is 0.318 e. The van der Waals surface area contributed by atoms with Crippen molar-refractivity contribution >= 4 is 51.7 Å². The summed E-state index contributed by atoms with van der Waals surface area (Å²) in [6.07, 6.45) is 1.77. The minimum Gasteiger partial charge on any atom is -0.341 e. The van der Waals surface area contributed by atoms with Gasteiger partial charge in [-0.05, 0) is 50.2 Å². The van der Waals surface area contributed by atoms with Crippen LogP contribution in [-0.2, 0) is 13.1 Å². The third-order valence-corrected chi connectivity index (χ3v) is 6.21. The minimum atomic E-state index is -0.392. The number of hydrogen-bond acceptors (Lipinski definition) is 5. The van der Waals surface area contributed by atoms with Crippen LogP contribution in [0.2, 0.25) is 10.0 Å². The van der Waals surface area contributed by atoms with E-state index in [9.17, 15) is 9.59 Å². The Bertz CT molecular complexity index is 1470. The van der Waals surface area contributed by atoms with Gasteiger partial charge in [0.25, 0.3) is 5.91 Å². The molecule has 0 aliphatic carbocycles. The fourth-order valence-corrected chi connectivity index (χ4v) is 4.25. The Hall–Kier alpha value is -3.69. The molecule has 0 bridgehead atoms. The summed E-state index contributed by atoms with van der Waals surface area (Å²) >= 11 is 12.6. The number of hydrogen-bond donors (Lipinski definition) is 2. The smallest absolute Gasteiger partial charge is 0.318 e. The van der Waals surface area contributed by atoms with Crippen molar-refractivity contribution < 1.29 is 9.59 Å². The molecular formula is C25H25Cl2N7O2. The van der Waals surface area contributed by atoms with Gasteiger partial charge in [0.05, 0.1) is 11.7 Å². The van der Waals surface area contributed by atoms with Gasteiger partial charge in [0.1, 0.15) is 5.69 Å². The number of anilines is 1. The lowest BCUT2D eigenvalue weighted by molar-refractivity contribution is 0.0781. The van der Waals surface area contributed by atoms with E-state index in [2.05, 4.69) is 25.7 Å². The molecule has 9 nitrogen and oxygen atoms in total. The van der Waals surface area contributed by atoms with Crippen LogP contribution in [0.5, 0.6) is 0 Å². The van der Waals surface area contributed by atoms with Crippen LogP contribution >= 0.6 is 23.2 Å². The van der Waals surface area contributed by atoms with Crippen molar-refractivity contribution in [2.45, 2.75) is 26.9 Å². The molecule has 2 heterocycles. The summed E-state index contributed by atoms with van der Waals surface area (Å²) in [5.74, 6) is -0.000635. The number of urea groups is 1. The lowest BCUT2D eigenvalue weighted by Gasteiger charge is -2.18. The molecule has 0 saturated heterocycles. The van der Waals surface area contributed by atoms with Gasteiger partial charge in [0.15, 0.2) is 5.82 Å². The maximum absolute atomic E-state index is 13.6. The zero-order valence-corrected chi connectivity index (χ0v) is 21.8. The molecule has 0 spiro atoms. The van der Waals surface area contributed by atoms with Gasteiger partial charge in [-0.15, -0.1) is 0 Å². The highest BCUT2D eigenvalue weighted by Crippen LogP contribution is 2.29. The van der Waals surface area contributed by atoms with Gasteiger partial charge in [-0.2, -0.15) is 5.10 Å². The molecule has 186 valence electrons. The number of amides is 3. The van der Waals surface area contributed by atoms with E-state index in [1.807, 2.05) is 18.5 Å². The molecule has 0 radical (unpaired) electrons. The Morgan fingerprint density at radius 1 is 1.08 bits per heavy atom. The second kappa shape index (κ2) is 10.5. The lowest BCUT2D eigenvalue weighted by atomic mass is 10.1. The zero-order chi connectivity index (χ0) is 26.0. The standard InChI is InChI=1S/C25H25Cl2N7O2/c1-5-34-14(2)16(12-29-34)13-33(4)24(35)22-20-11-17(26)6-7-21(20)31-23(32-22)15-8-18(27)10-19(9-15)30-25(36)28-3/h6-12H,5,13H2,1-4H3,(H2,28,30,36). The lowest BCUT2D eigenvalue weighted by Crippen LogP contribution is -2.28. The zero-order valence-electron chi connectivity index (χ0n) is 20.3. The van der Waals surface area contributed by atoms with E-state index in [0.717, 1.165) is 17.8 Å². The number of fused-ring (bicyclic) bond motifs is 1. The quantitative estimate of drug-likeness (QED) is 0.362. The molecule has 0 fully saturated rings. The Labute approximate surface area is 218 Å². The van der Waals surface area contributed by atoms with Crippen LogP contribution in [0.25, 0.3) is 22.3 Å². The Kier molecular flexibility index (Phi) is 7.42. The average molecular weight is 526 g/mol. The van der Waals surface area contributed by atoms with Crippen molar-refractivity contribution in [2.24, 2.45) is 0 Å². The van der Waals surface area contributed by atoms with Crippen molar-refractivity contribution in [3.8, 4) is 11.4 Å². The number of aromatic nitrogens is 4. The molecule has 0 aliphatic heterocycles. The molecule has 11 heteroatoms. The van der Waals surface area contributed by atoms with Gasteiger partial charge in [-0.1, -0.05) is 23.2 Å². The third kappa shape index (κ3) is 5.27. The number of benzene rings is 2. The molecule has 3 amide bonds. The second-order valence-electron chi connectivity index (χ2n) is 8.22. The van der Waals surface area contributed by atoms with Crippen LogP contribution in [-0.4, -0.2) is 50.7 Å². The Morgan fingerprint density at radius 2 is 1.86 bits per heavy atom. The molecule has 2 aromatic heterocycles. The normalized spacial score (nSPS) is 10.9. The van der Waals surface area contributed by atoms with E-state index in [-0.39, 0.29) is 11.6 Å². The molecule has 2 N–H and O–H groups in total. The van der Waals surface area contributed by atoms with E-state index in [0.29, 0.717) is 44.6 Å². The first-order valence-corrected chi connectivity index (χ1v) is 12.0. The molecule has 36 heavy (non-hydrogen) atoms. The number of carbonyl (C=O) groups excluding carboxylic acids is 2. The van der Waals surface area contributed by atoms with Crippen LogP contribution in [0.15, 0.2) is 42.6 Å². The van der Waals surface area contributed by atoms with Crippen LogP contribution in [0.3, 0.4) is 0 Å². The van der Waals surface area contributed by atoms with Crippen LogP contribution in [0.1, 0.15) is 28.7 Å². The summed E-state index contributed by atoms with van der Waals surface area (Å²) in [5.41, 5.74) is 3.72. The van der Waals surface area contributed by atoms with E-state index in [4.69, 9.17) is 23.2 Å². The summed E-state index contributed by atoms with van der Waals surface area (Å²) in [7, 11) is 3.23. The van der Waals surface area contributed by atoms with E-state index in [1.165, 1.54) is 7.05 Å². The molecule has 0 unspecified atom stereocenters. The predicted molar refractivity (Wildman–Crippen MR) is 142 cm³/mol. The molecular weight excluding hydrogens is 501 g/mol. The molecule has 2 aromatic carbocycles. The number of halogens is 2. The van der Waals surface area contributed by atoms with Crippen molar-refractivity contribution in [1.29, 1.82) is 0 Å². The molecule has 0 saturated carbocycles. The van der Waals surface area contributed by atoms with Crippen LogP contribution < -0.4 is 10.6 Å². The van der Waals surface area contributed by atoms with Crippen LogP contribution in [0, 0.1) is 6.92 Å². The first kappa shape index (κ1) is 25.4. The Morgan fingerprint density at radius 3 is 2.56 bits per heavy atom. The van der Waals surface area contributed by atoms with E-state index in [1.54, 1.807) is 54.5 Å². The first-order valence-electron chi connectivity index (χ1n) is 11.2. The molecule has 4 rings (SSSR count). The highest BCUT2D eigenvalue weighted by atomic mass is 35.5.